The quantitative estimate of drug-likeness (QED) is 0.871. The Morgan fingerprint density at radius 3 is 2.65 bits per heavy atom. The summed E-state index contributed by atoms with van der Waals surface area (Å²) in [5.74, 6) is -1.62. The summed E-state index contributed by atoms with van der Waals surface area (Å²) in [6.07, 6.45) is 3.32. The predicted octanol–water partition coefficient (Wildman–Crippen LogP) is 3.64. The zero-order chi connectivity index (χ0) is 14.4. The van der Waals surface area contributed by atoms with E-state index in [0.717, 1.165) is 24.2 Å². The van der Waals surface area contributed by atoms with E-state index in [2.05, 4.69) is 17.2 Å². The van der Waals surface area contributed by atoms with E-state index >= 15 is 0 Å². The molecule has 4 heteroatoms. The Balaban J connectivity index is 2.17. The Morgan fingerprint density at radius 2 is 2.00 bits per heavy atom. The van der Waals surface area contributed by atoms with Crippen LogP contribution >= 0.6 is 0 Å². The number of hydrogen-bond donors (Lipinski definition) is 1. The number of aromatic nitrogens is 1. The van der Waals surface area contributed by atoms with Crippen molar-refractivity contribution in [2.75, 3.05) is 6.54 Å². The summed E-state index contributed by atoms with van der Waals surface area (Å²) in [6, 6.07) is 9.75. The fraction of sp³-hybridized carbons (Fsp3) is 0.312. The Morgan fingerprint density at radius 1 is 1.15 bits per heavy atom. The van der Waals surface area contributed by atoms with Gasteiger partial charge in [0.2, 0.25) is 0 Å². The predicted molar refractivity (Wildman–Crippen MR) is 75.3 cm³/mol. The molecule has 0 radical (unpaired) electrons. The van der Waals surface area contributed by atoms with E-state index in [1.54, 1.807) is 12.3 Å². The lowest BCUT2D eigenvalue weighted by Crippen LogP contribution is -2.25. The van der Waals surface area contributed by atoms with Gasteiger partial charge in [-0.25, -0.2) is 8.78 Å². The molecule has 0 saturated heterocycles. The van der Waals surface area contributed by atoms with Gasteiger partial charge < -0.3 is 5.32 Å². The molecule has 0 saturated carbocycles. The minimum atomic E-state index is -0.815. The van der Waals surface area contributed by atoms with Crippen molar-refractivity contribution in [1.82, 2.24) is 10.3 Å². The van der Waals surface area contributed by atoms with E-state index < -0.39 is 11.6 Å². The van der Waals surface area contributed by atoms with E-state index in [-0.39, 0.29) is 6.04 Å². The highest BCUT2D eigenvalue weighted by Gasteiger charge is 2.13. The smallest absolute Gasteiger partial charge is 0.159 e. The maximum atomic E-state index is 13.3. The van der Waals surface area contributed by atoms with Crippen molar-refractivity contribution in [2.24, 2.45) is 0 Å². The Hall–Kier alpha value is -1.81. The highest BCUT2D eigenvalue weighted by atomic mass is 19.2. The molecule has 1 N–H and O–H groups in total. The number of rotatable bonds is 6. The minimum absolute atomic E-state index is 0.000936. The normalized spacial score (nSPS) is 12.3. The molecule has 2 rings (SSSR count). The van der Waals surface area contributed by atoms with Gasteiger partial charge in [-0.1, -0.05) is 19.1 Å². The van der Waals surface area contributed by atoms with E-state index in [4.69, 9.17) is 0 Å². The second kappa shape index (κ2) is 7.10. The van der Waals surface area contributed by atoms with Crippen LogP contribution < -0.4 is 5.32 Å². The lowest BCUT2D eigenvalue weighted by atomic mass is 10.0. The molecule has 1 unspecified atom stereocenters. The molecule has 106 valence electrons. The van der Waals surface area contributed by atoms with Gasteiger partial charge in [-0.2, -0.15) is 0 Å². The molecule has 0 aliphatic heterocycles. The molecule has 2 aromatic rings. The first kappa shape index (κ1) is 14.6. The van der Waals surface area contributed by atoms with Crippen LogP contribution in [0.15, 0.2) is 42.6 Å². The maximum absolute atomic E-state index is 13.3. The molecule has 2 nitrogen and oxygen atoms in total. The molecule has 20 heavy (non-hydrogen) atoms. The van der Waals surface area contributed by atoms with Crippen LogP contribution in [0.5, 0.6) is 0 Å². The highest BCUT2D eigenvalue weighted by Crippen LogP contribution is 2.18. The molecule has 0 aliphatic carbocycles. The summed E-state index contributed by atoms with van der Waals surface area (Å²) in [7, 11) is 0. The largest absolute Gasteiger partial charge is 0.308 e. The molecular weight excluding hydrogens is 258 g/mol. The molecule has 0 fully saturated rings. The van der Waals surface area contributed by atoms with Gasteiger partial charge in [0.15, 0.2) is 11.6 Å². The fourth-order valence-electron chi connectivity index (χ4n) is 2.08. The van der Waals surface area contributed by atoms with Gasteiger partial charge in [-0.15, -0.1) is 0 Å². The summed E-state index contributed by atoms with van der Waals surface area (Å²) in [4.78, 5) is 4.34. The Bertz CT molecular complexity index is 543. The Labute approximate surface area is 117 Å². The first-order chi connectivity index (χ1) is 9.70. The van der Waals surface area contributed by atoms with Crippen LogP contribution in [0.4, 0.5) is 8.78 Å². The van der Waals surface area contributed by atoms with Crippen LogP contribution in [-0.4, -0.2) is 11.5 Å². The lowest BCUT2D eigenvalue weighted by Gasteiger charge is -2.18. The second-order valence-corrected chi connectivity index (χ2v) is 4.71. The third-order valence-electron chi connectivity index (χ3n) is 3.11. The number of hydrogen-bond acceptors (Lipinski definition) is 2. The van der Waals surface area contributed by atoms with Crippen molar-refractivity contribution in [3.05, 3.63) is 65.5 Å². The second-order valence-electron chi connectivity index (χ2n) is 4.71. The zero-order valence-corrected chi connectivity index (χ0v) is 11.4. The van der Waals surface area contributed by atoms with Gasteiger partial charge in [-0.05, 0) is 49.2 Å². The van der Waals surface area contributed by atoms with Gasteiger partial charge in [0.1, 0.15) is 0 Å². The standard InChI is InChI=1S/C16H18F2N2/c1-2-8-19-16(15-5-3-4-9-20-15)11-12-6-7-13(17)14(18)10-12/h3-7,9-10,16,19H,2,8,11H2,1H3. The molecule has 1 atom stereocenters. The van der Waals surface area contributed by atoms with Crippen LogP contribution in [0.1, 0.15) is 30.6 Å². The van der Waals surface area contributed by atoms with Crippen LogP contribution in [-0.2, 0) is 6.42 Å². The minimum Gasteiger partial charge on any atom is -0.308 e. The summed E-state index contributed by atoms with van der Waals surface area (Å²) < 4.78 is 26.2. The molecule has 1 aromatic heterocycles. The number of nitrogens with one attached hydrogen (secondary N) is 1. The number of halogens is 2. The SMILES string of the molecule is CCCNC(Cc1ccc(F)c(F)c1)c1ccccn1. The zero-order valence-electron chi connectivity index (χ0n) is 11.4. The van der Waals surface area contributed by atoms with Crippen LogP contribution in [0.2, 0.25) is 0 Å². The molecule has 0 spiro atoms. The average Bonchev–Trinajstić information content (AvgIpc) is 2.48. The number of benzene rings is 1. The number of nitrogens with zero attached hydrogens (tertiary/aromatic N) is 1. The third kappa shape index (κ3) is 3.84. The van der Waals surface area contributed by atoms with E-state index in [9.17, 15) is 8.78 Å². The van der Waals surface area contributed by atoms with Gasteiger partial charge in [-0.3, -0.25) is 4.98 Å². The van der Waals surface area contributed by atoms with Crippen molar-refractivity contribution in [3.63, 3.8) is 0 Å². The van der Waals surface area contributed by atoms with Crippen molar-refractivity contribution in [3.8, 4) is 0 Å². The van der Waals surface area contributed by atoms with Gasteiger partial charge >= 0.3 is 0 Å². The van der Waals surface area contributed by atoms with Crippen LogP contribution in [0, 0.1) is 11.6 Å². The lowest BCUT2D eigenvalue weighted by molar-refractivity contribution is 0.497. The monoisotopic (exact) mass is 276 g/mol. The van der Waals surface area contributed by atoms with Crippen LogP contribution in [0.25, 0.3) is 0 Å². The van der Waals surface area contributed by atoms with Crippen molar-refractivity contribution >= 4 is 0 Å². The van der Waals surface area contributed by atoms with Crippen molar-refractivity contribution < 1.29 is 8.78 Å². The van der Waals surface area contributed by atoms with Crippen molar-refractivity contribution in [2.45, 2.75) is 25.8 Å². The first-order valence-corrected chi connectivity index (χ1v) is 6.79. The summed E-state index contributed by atoms with van der Waals surface area (Å²) in [5, 5.41) is 3.39. The van der Waals surface area contributed by atoms with Crippen LogP contribution in [0.3, 0.4) is 0 Å². The van der Waals surface area contributed by atoms with Crippen molar-refractivity contribution in [1.29, 1.82) is 0 Å². The topological polar surface area (TPSA) is 24.9 Å². The summed E-state index contributed by atoms with van der Waals surface area (Å²) >= 11 is 0. The third-order valence-corrected chi connectivity index (χ3v) is 3.11. The van der Waals surface area contributed by atoms with E-state index in [1.807, 2.05) is 18.2 Å². The highest BCUT2D eigenvalue weighted by molar-refractivity contribution is 5.21. The first-order valence-electron chi connectivity index (χ1n) is 6.79. The Kier molecular flexibility index (Phi) is 5.18. The molecule has 1 heterocycles. The average molecular weight is 276 g/mol. The van der Waals surface area contributed by atoms with Gasteiger partial charge in [0, 0.05) is 6.20 Å². The molecule has 0 amide bonds. The van der Waals surface area contributed by atoms with Gasteiger partial charge in [0.25, 0.3) is 0 Å². The maximum Gasteiger partial charge on any atom is 0.159 e. The molecule has 0 aliphatic rings. The van der Waals surface area contributed by atoms with E-state index in [1.165, 1.54) is 12.1 Å². The van der Waals surface area contributed by atoms with Gasteiger partial charge in [0.05, 0.1) is 11.7 Å². The van der Waals surface area contributed by atoms with E-state index in [0.29, 0.717) is 6.42 Å². The summed E-state index contributed by atoms with van der Waals surface area (Å²) in [5.41, 5.74) is 1.66. The molecule has 0 bridgehead atoms. The summed E-state index contributed by atoms with van der Waals surface area (Å²) in [6.45, 7) is 2.94. The number of pyridine rings is 1. The molecule has 1 aromatic carbocycles. The fourth-order valence-corrected chi connectivity index (χ4v) is 2.08. The molecular formula is C16H18F2N2.